The van der Waals surface area contributed by atoms with Crippen LogP contribution in [0.15, 0.2) is 0 Å². The molecule has 160 valence electrons. The van der Waals surface area contributed by atoms with Crippen molar-refractivity contribution in [2.75, 3.05) is 19.6 Å². The molecule has 2 rings (SSSR count). The fourth-order valence-corrected chi connectivity index (χ4v) is 2.96. The van der Waals surface area contributed by atoms with Gasteiger partial charge in [-0.2, -0.15) is 13.2 Å². The molecule has 1 atom stereocenters. The zero-order valence-corrected chi connectivity index (χ0v) is 17.8. The molecule has 0 spiro atoms. The minimum atomic E-state index is -4.04. The van der Waals surface area contributed by atoms with Gasteiger partial charge < -0.3 is 0 Å². The molecule has 0 amide bonds. The summed E-state index contributed by atoms with van der Waals surface area (Å²) in [4.78, 5) is 3.33. The summed E-state index contributed by atoms with van der Waals surface area (Å²) in [5, 5.41) is 0. The Labute approximate surface area is 157 Å². The molecule has 0 aromatic heterocycles. The molecule has 2 heterocycles. The number of hydrogen-bond donors (Lipinski definition) is 0. The molecule has 0 radical (unpaired) electrons. The molecule has 0 aromatic rings. The molecule has 2 aliphatic heterocycles. The van der Waals surface area contributed by atoms with E-state index in [1.807, 2.05) is 55.4 Å². The van der Waals surface area contributed by atoms with E-state index in [4.69, 9.17) is 0 Å². The van der Waals surface area contributed by atoms with Crippen LogP contribution in [0.3, 0.4) is 0 Å². The van der Waals surface area contributed by atoms with E-state index in [0.717, 1.165) is 0 Å². The van der Waals surface area contributed by atoms with E-state index in [1.165, 1.54) is 4.90 Å². The Morgan fingerprint density at radius 3 is 1.62 bits per heavy atom. The number of hydrogen-bond acceptors (Lipinski definition) is 2. The normalized spacial score (nSPS) is 23.0. The zero-order valence-electron chi connectivity index (χ0n) is 17.8. The van der Waals surface area contributed by atoms with Crippen molar-refractivity contribution >= 4 is 0 Å². The Morgan fingerprint density at radius 1 is 0.885 bits per heavy atom. The predicted octanol–water partition coefficient (Wildman–Crippen LogP) is 6.21. The summed E-state index contributed by atoms with van der Waals surface area (Å²) >= 11 is 0. The lowest BCUT2D eigenvalue weighted by atomic mass is 10.2. The molecule has 2 saturated heterocycles. The number of halogens is 5. The lowest BCUT2D eigenvalue weighted by molar-refractivity contribution is -0.179. The average molecular weight is 391 g/mol. The van der Waals surface area contributed by atoms with Crippen LogP contribution in [-0.2, 0) is 0 Å². The quantitative estimate of drug-likeness (QED) is 0.517. The number of rotatable bonds is 2. The van der Waals surface area contributed by atoms with Crippen molar-refractivity contribution in [1.82, 2.24) is 9.80 Å². The summed E-state index contributed by atoms with van der Waals surface area (Å²) in [6, 6.07) is -0.940. The summed E-state index contributed by atoms with van der Waals surface area (Å²) in [5.74, 6) is -2.43. The Hall–Kier alpha value is -0.430. The highest BCUT2D eigenvalue weighted by Crippen LogP contribution is 2.33. The van der Waals surface area contributed by atoms with E-state index in [1.54, 1.807) is 4.90 Å². The third-order valence-corrected chi connectivity index (χ3v) is 4.26. The summed E-state index contributed by atoms with van der Waals surface area (Å²) in [6.07, 6.45) is -3.07. The topological polar surface area (TPSA) is 6.48 Å². The highest BCUT2D eigenvalue weighted by molar-refractivity contribution is 4.86. The van der Waals surface area contributed by atoms with Gasteiger partial charge in [0.2, 0.25) is 0 Å². The van der Waals surface area contributed by atoms with Gasteiger partial charge in [0.15, 0.2) is 0 Å². The molecular weight excluding hydrogens is 351 g/mol. The smallest absolute Gasteiger partial charge is 0.295 e. The van der Waals surface area contributed by atoms with Gasteiger partial charge in [-0.1, -0.05) is 27.7 Å². The largest absolute Gasteiger partial charge is 0.404 e. The standard InChI is InChI=1S/C8H14F3N.C7H13F2N.2C2H6/c1-6(2)12-5-3-4-7(12)8(9,10)11;1-6(2)10-4-3-7(8,9)5-10;2*1-2/h6-7H,3-5H2,1-2H3;6H,3-5H2,1-2H3;2*1-2H3. The number of alkyl halides is 5. The van der Waals surface area contributed by atoms with Gasteiger partial charge in [-0.3, -0.25) is 9.80 Å². The summed E-state index contributed by atoms with van der Waals surface area (Å²) < 4.78 is 62.0. The average Bonchev–Trinajstić information content (AvgIpc) is 3.18. The monoisotopic (exact) mass is 390 g/mol. The van der Waals surface area contributed by atoms with Crippen molar-refractivity contribution in [2.24, 2.45) is 0 Å². The van der Waals surface area contributed by atoms with Crippen molar-refractivity contribution in [3.63, 3.8) is 0 Å². The van der Waals surface area contributed by atoms with E-state index in [-0.39, 0.29) is 31.5 Å². The van der Waals surface area contributed by atoms with Gasteiger partial charge in [0.25, 0.3) is 5.92 Å². The fraction of sp³-hybridized carbons (Fsp3) is 1.00. The van der Waals surface area contributed by atoms with Gasteiger partial charge in [-0.05, 0) is 47.1 Å². The van der Waals surface area contributed by atoms with E-state index >= 15 is 0 Å². The van der Waals surface area contributed by atoms with Gasteiger partial charge in [0, 0.05) is 25.0 Å². The number of likely N-dealkylation sites (tertiary alicyclic amines) is 2. The van der Waals surface area contributed by atoms with Crippen LogP contribution in [0.25, 0.3) is 0 Å². The van der Waals surface area contributed by atoms with Gasteiger partial charge >= 0.3 is 6.18 Å². The SMILES string of the molecule is CC.CC.CC(C)N1CCC(F)(F)C1.CC(C)N1CCCC1C(F)(F)F. The highest BCUT2D eigenvalue weighted by atomic mass is 19.4. The van der Waals surface area contributed by atoms with Crippen LogP contribution in [0.5, 0.6) is 0 Å². The van der Waals surface area contributed by atoms with Crippen LogP contribution < -0.4 is 0 Å². The molecule has 0 aromatic carbocycles. The van der Waals surface area contributed by atoms with Crippen LogP contribution in [0.2, 0.25) is 0 Å². The molecule has 0 aliphatic carbocycles. The van der Waals surface area contributed by atoms with E-state index in [0.29, 0.717) is 19.5 Å². The Balaban J connectivity index is 0. The first-order chi connectivity index (χ1) is 11.9. The predicted molar refractivity (Wildman–Crippen MR) is 99.9 cm³/mol. The van der Waals surface area contributed by atoms with Gasteiger partial charge in [0.05, 0.1) is 6.54 Å². The second-order valence-electron chi connectivity index (χ2n) is 6.70. The number of nitrogens with zero attached hydrogens (tertiary/aromatic N) is 2. The minimum absolute atomic E-state index is 0.000810. The lowest BCUT2D eigenvalue weighted by Crippen LogP contribution is -2.44. The Kier molecular flexibility index (Phi) is 13.8. The van der Waals surface area contributed by atoms with Crippen LogP contribution in [0.1, 0.15) is 74.7 Å². The molecule has 0 saturated carbocycles. The second-order valence-corrected chi connectivity index (χ2v) is 6.70. The van der Waals surface area contributed by atoms with Crippen molar-refractivity contribution < 1.29 is 22.0 Å². The Morgan fingerprint density at radius 2 is 1.38 bits per heavy atom. The van der Waals surface area contributed by atoms with Crippen LogP contribution >= 0.6 is 0 Å². The fourth-order valence-electron chi connectivity index (χ4n) is 2.96. The molecule has 1 unspecified atom stereocenters. The van der Waals surface area contributed by atoms with Crippen molar-refractivity contribution in [3.05, 3.63) is 0 Å². The van der Waals surface area contributed by atoms with Crippen LogP contribution in [-0.4, -0.2) is 59.7 Å². The maximum absolute atomic E-state index is 12.5. The molecular formula is C19H39F5N2. The summed E-state index contributed by atoms with van der Waals surface area (Å²) in [6.45, 7) is 16.6. The molecule has 0 bridgehead atoms. The van der Waals surface area contributed by atoms with Crippen molar-refractivity contribution in [2.45, 2.75) is 105 Å². The van der Waals surface area contributed by atoms with Crippen LogP contribution in [0.4, 0.5) is 22.0 Å². The maximum atomic E-state index is 12.5. The van der Waals surface area contributed by atoms with Gasteiger partial charge in [-0.25, -0.2) is 8.78 Å². The first-order valence-corrected chi connectivity index (χ1v) is 9.88. The van der Waals surface area contributed by atoms with E-state index < -0.39 is 18.1 Å². The third kappa shape index (κ3) is 10.0. The zero-order chi connectivity index (χ0) is 21.1. The van der Waals surface area contributed by atoms with Crippen molar-refractivity contribution in [1.29, 1.82) is 0 Å². The van der Waals surface area contributed by atoms with Gasteiger partial charge in [0.1, 0.15) is 6.04 Å². The first-order valence-electron chi connectivity index (χ1n) is 9.88. The van der Waals surface area contributed by atoms with E-state index in [9.17, 15) is 22.0 Å². The Bertz CT molecular complexity index is 343. The first kappa shape index (κ1) is 27.8. The minimum Gasteiger partial charge on any atom is -0.295 e. The molecule has 2 nitrogen and oxygen atoms in total. The molecule has 0 N–H and O–H groups in total. The molecule has 26 heavy (non-hydrogen) atoms. The maximum Gasteiger partial charge on any atom is 0.404 e. The van der Waals surface area contributed by atoms with Crippen LogP contribution in [0, 0.1) is 0 Å². The second kappa shape index (κ2) is 12.9. The molecule has 2 aliphatic rings. The lowest BCUT2D eigenvalue weighted by Gasteiger charge is -2.29. The summed E-state index contributed by atoms with van der Waals surface area (Å²) in [5.41, 5.74) is 0. The summed E-state index contributed by atoms with van der Waals surface area (Å²) in [7, 11) is 0. The highest BCUT2D eigenvalue weighted by Gasteiger charge is 2.46. The molecule has 7 heteroatoms. The van der Waals surface area contributed by atoms with E-state index in [2.05, 4.69) is 0 Å². The molecule has 2 fully saturated rings. The third-order valence-electron chi connectivity index (χ3n) is 4.26. The van der Waals surface area contributed by atoms with Gasteiger partial charge in [-0.15, -0.1) is 0 Å². The van der Waals surface area contributed by atoms with Crippen molar-refractivity contribution in [3.8, 4) is 0 Å².